The summed E-state index contributed by atoms with van der Waals surface area (Å²) in [5, 5.41) is 3.42. The van der Waals surface area contributed by atoms with Crippen molar-refractivity contribution in [3.8, 4) is 0 Å². The summed E-state index contributed by atoms with van der Waals surface area (Å²) >= 11 is 0. The zero-order chi connectivity index (χ0) is 9.10. The topological polar surface area (TPSA) is 21.3 Å². The lowest BCUT2D eigenvalue weighted by molar-refractivity contribution is 0.0222. The quantitative estimate of drug-likeness (QED) is 0.717. The number of rotatable bonds is 4. The van der Waals surface area contributed by atoms with Gasteiger partial charge in [-0.1, -0.05) is 0 Å². The second kappa shape index (κ2) is 4.43. The summed E-state index contributed by atoms with van der Waals surface area (Å²) in [6, 6.07) is 0. The van der Waals surface area contributed by atoms with Crippen molar-refractivity contribution in [2.45, 2.75) is 38.7 Å². The van der Waals surface area contributed by atoms with Crippen molar-refractivity contribution in [2.24, 2.45) is 11.8 Å². The van der Waals surface area contributed by atoms with Crippen LogP contribution in [0.25, 0.3) is 0 Å². The first kappa shape index (κ1) is 9.47. The van der Waals surface area contributed by atoms with E-state index >= 15 is 0 Å². The van der Waals surface area contributed by atoms with Crippen LogP contribution in [-0.2, 0) is 4.74 Å². The zero-order valence-corrected chi connectivity index (χ0v) is 8.59. The van der Waals surface area contributed by atoms with Gasteiger partial charge >= 0.3 is 0 Å². The van der Waals surface area contributed by atoms with Crippen molar-refractivity contribution in [3.05, 3.63) is 0 Å². The van der Waals surface area contributed by atoms with Crippen LogP contribution in [0.5, 0.6) is 0 Å². The summed E-state index contributed by atoms with van der Waals surface area (Å²) in [6.07, 6.45) is 5.98. The van der Waals surface area contributed by atoms with Gasteiger partial charge in [0.25, 0.3) is 0 Å². The molecule has 1 heterocycles. The normalized spacial score (nSPS) is 31.6. The van der Waals surface area contributed by atoms with Crippen molar-refractivity contribution < 1.29 is 4.74 Å². The highest BCUT2D eigenvalue weighted by atomic mass is 16.5. The molecule has 0 aromatic heterocycles. The Balaban J connectivity index is 1.60. The fourth-order valence-electron chi connectivity index (χ4n) is 2.06. The molecule has 2 aliphatic rings. The first-order valence-corrected chi connectivity index (χ1v) is 5.68. The highest BCUT2D eigenvalue weighted by molar-refractivity contribution is 4.79. The van der Waals surface area contributed by atoms with Crippen LogP contribution in [0.3, 0.4) is 0 Å². The summed E-state index contributed by atoms with van der Waals surface area (Å²) in [4.78, 5) is 0. The molecule has 0 amide bonds. The first-order chi connectivity index (χ1) is 6.36. The number of ether oxygens (including phenoxy) is 1. The number of hydrogen-bond acceptors (Lipinski definition) is 2. The maximum Gasteiger partial charge on any atom is 0.0575 e. The molecule has 2 rings (SSSR count). The van der Waals surface area contributed by atoms with Crippen LogP contribution in [0.1, 0.15) is 32.6 Å². The Hall–Kier alpha value is -0.0800. The average Bonchev–Trinajstić information content (AvgIpc) is 2.99. The molecule has 1 saturated heterocycles. The first-order valence-electron chi connectivity index (χ1n) is 5.68. The van der Waals surface area contributed by atoms with Crippen LogP contribution in [0.15, 0.2) is 0 Å². The molecule has 1 aliphatic carbocycles. The molecular formula is C11H21NO. The summed E-state index contributed by atoms with van der Waals surface area (Å²) in [6.45, 7) is 5.57. The van der Waals surface area contributed by atoms with Crippen molar-refractivity contribution in [3.63, 3.8) is 0 Å². The third-order valence-electron chi connectivity index (χ3n) is 3.28. The van der Waals surface area contributed by atoms with E-state index < -0.39 is 0 Å². The second-order valence-electron chi connectivity index (χ2n) is 4.59. The van der Waals surface area contributed by atoms with Gasteiger partial charge in [0, 0.05) is 6.54 Å². The lowest BCUT2D eigenvalue weighted by atomic mass is 10.0. The van der Waals surface area contributed by atoms with Crippen molar-refractivity contribution in [1.82, 2.24) is 5.32 Å². The Morgan fingerprint density at radius 1 is 1.38 bits per heavy atom. The van der Waals surface area contributed by atoms with E-state index in [0.29, 0.717) is 6.10 Å². The maximum atomic E-state index is 5.87. The van der Waals surface area contributed by atoms with Crippen LogP contribution in [0.2, 0.25) is 0 Å². The van der Waals surface area contributed by atoms with Gasteiger partial charge in [0.05, 0.1) is 12.7 Å². The van der Waals surface area contributed by atoms with Crippen LogP contribution in [0.4, 0.5) is 0 Å². The zero-order valence-electron chi connectivity index (χ0n) is 8.59. The summed E-state index contributed by atoms with van der Waals surface area (Å²) in [5.41, 5.74) is 0. The van der Waals surface area contributed by atoms with Crippen LogP contribution >= 0.6 is 0 Å². The van der Waals surface area contributed by atoms with Gasteiger partial charge in [0.1, 0.15) is 0 Å². The van der Waals surface area contributed by atoms with Gasteiger partial charge in [0.2, 0.25) is 0 Å². The molecule has 2 nitrogen and oxygen atoms in total. The Morgan fingerprint density at radius 2 is 2.23 bits per heavy atom. The van der Waals surface area contributed by atoms with Gasteiger partial charge in [-0.15, -0.1) is 0 Å². The fraction of sp³-hybridized carbons (Fsp3) is 1.00. The van der Waals surface area contributed by atoms with E-state index in [2.05, 4.69) is 12.2 Å². The molecule has 2 atom stereocenters. The molecule has 0 spiro atoms. The maximum absolute atomic E-state index is 5.87. The SMILES string of the molecule is C[C@H](OC[C@@H]1CCCNC1)C1CC1. The van der Waals surface area contributed by atoms with Gasteiger partial charge in [-0.25, -0.2) is 0 Å². The Labute approximate surface area is 81.0 Å². The van der Waals surface area contributed by atoms with Gasteiger partial charge in [-0.3, -0.25) is 0 Å². The molecule has 2 heteroatoms. The fourth-order valence-corrected chi connectivity index (χ4v) is 2.06. The van der Waals surface area contributed by atoms with E-state index in [0.717, 1.165) is 25.0 Å². The average molecular weight is 183 g/mol. The van der Waals surface area contributed by atoms with E-state index in [-0.39, 0.29) is 0 Å². The Morgan fingerprint density at radius 3 is 2.85 bits per heavy atom. The van der Waals surface area contributed by atoms with Gasteiger partial charge in [0.15, 0.2) is 0 Å². The van der Waals surface area contributed by atoms with E-state index in [1.54, 1.807) is 0 Å². The summed E-state index contributed by atoms with van der Waals surface area (Å²) in [7, 11) is 0. The number of hydrogen-bond donors (Lipinski definition) is 1. The smallest absolute Gasteiger partial charge is 0.0575 e. The van der Waals surface area contributed by atoms with Crippen molar-refractivity contribution >= 4 is 0 Å². The van der Waals surface area contributed by atoms with Crippen LogP contribution in [-0.4, -0.2) is 25.8 Å². The monoisotopic (exact) mass is 183 g/mol. The summed E-state index contributed by atoms with van der Waals surface area (Å²) < 4.78 is 5.87. The molecule has 1 aliphatic heterocycles. The third kappa shape index (κ3) is 2.96. The molecule has 0 unspecified atom stereocenters. The molecule has 13 heavy (non-hydrogen) atoms. The molecule has 0 bridgehead atoms. The van der Waals surface area contributed by atoms with Gasteiger partial charge < -0.3 is 10.1 Å². The molecule has 0 aromatic carbocycles. The van der Waals surface area contributed by atoms with Crippen molar-refractivity contribution in [2.75, 3.05) is 19.7 Å². The molecule has 0 radical (unpaired) electrons. The molecule has 0 aromatic rings. The molecule has 2 fully saturated rings. The molecule has 76 valence electrons. The van der Waals surface area contributed by atoms with Gasteiger partial charge in [-0.2, -0.15) is 0 Å². The van der Waals surface area contributed by atoms with Crippen molar-refractivity contribution in [1.29, 1.82) is 0 Å². The summed E-state index contributed by atoms with van der Waals surface area (Å²) in [5.74, 6) is 1.66. The van der Waals surface area contributed by atoms with E-state index in [1.165, 1.54) is 32.2 Å². The number of nitrogens with one attached hydrogen (secondary N) is 1. The van der Waals surface area contributed by atoms with Gasteiger partial charge in [-0.05, 0) is 51.0 Å². The third-order valence-corrected chi connectivity index (χ3v) is 3.28. The standard InChI is InChI=1S/C11H21NO/c1-9(11-4-5-11)13-8-10-3-2-6-12-7-10/h9-12H,2-8H2,1H3/t9-,10+/m0/s1. The molecule has 1 N–H and O–H groups in total. The Bertz CT molecular complexity index is 150. The Kier molecular flexibility index (Phi) is 3.23. The lowest BCUT2D eigenvalue weighted by Gasteiger charge is -2.24. The largest absolute Gasteiger partial charge is 0.378 e. The minimum atomic E-state index is 0.516. The lowest BCUT2D eigenvalue weighted by Crippen LogP contribution is -2.33. The van der Waals surface area contributed by atoms with Crippen LogP contribution in [0, 0.1) is 11.8 Å². The van der Waals surface area contributed by atoms with E-state index in [1.807, 2.05) is 0 Å². The molecule has 1 saturated carbocycles. The predicted molar refractivity (Wildman–Crippen MR) is 53.7 cm³/mol. The minimum absolute atomic E-state index is 0.516. The molecular weight excluding hydrogens is 162 g/mol. The predicted octanol–water partition coefficient (Wildman–Crippen LogP) is 1.80. The van der Waals surface area contributed by atoms with E-state index in [9.17, 15) is 0 Å². The minimum Gasteiger partial charge on any atom is -0.378 e. The van der Waals surface area contributed by atoms with E-state index in [4.69, 9.17) is 4.74 Å². The highest BCUT2D eigenvalue weighted by Crippen LogP contribution is 2.34. The number of piperidine rings is 1. The highest BCUT2D eigenvalue weighted by Gasteiger charge is 2.29. The second-order valence-corrected chi connectivity index (χ2v) is 4.59. The van der Waals surface area contributed by atoms with Crippen LogP contribution < -0.4 is 5.32 Å².